The van der Waals surface area contributed by atoms with Gasteiger partial charge in [0.05, 0.1) is 18.9 Å². The molecule has 2 aromatic heterocycles. The molecule has 0 atom stereocenters. The van der Waals surface area contributed by atoms with Crippen molar-refractivity contribution >= 4 is 5.82 Å². The Morgan fingerprint density at radius 3 is 2.88 bits per heavy atom. The maximum Gasteiger partial charge on any atom is 0.245 e. The van der Waals surface area contributed by atoms with Gasteiger partial charge >= 0.3 is 0 Å². The second kappa shape index (κ2) is 4.35. The normalized spacial score (nSPS) is 9.75. The van der Waals surface area contributed by atoms with Crippen molar-refractivity contribution < 1.29 is 4.52 Å². The van der Waals surface area contributed by atoms with Crippen LogP contribution in [0.1, 0.15) is 17.4 Å². The summed E-state index contributed by atoms with van der Waals surface area (Å²) in [6.45, 7) is 2.12. The summed E-state index contributed by atoms with van der Waals surface area (Å²) in [4.78, 5) is 11.9. The second-order valence-corrected chi connectivity index (χ2v) is 2.99. The molecular weight excluding hydrogens is 208 g/mol. The summed E-state index contributed by atoms with van der Waals surface area (Å²) in [7, 11) is 0. The lowest BCUT2D eigenvalue weighted by Gasteiger charge is -2.00. The maximum atomic E-state index is 8.53. The van der Waals surface area contributed by atoms with Crippen molar-refractivity contribution in [3.05, 3.63) is 29.8 Å². The molecule has 2 aromatic rings. The van der Waals surface area contributed by atoms with Crippen LogP contribution in [0, 0.1) is 18.3 Å². The van der Waals surface area contributed by atoms with Crippen LogP contribution in [0.4, 0.5) is 5.82 Å². The molecule has 0 amide bonds. The van der Waals surface area contributed by atoms with Crippen LogP contribution in [0.5, 0.6) is 0 Å². The lowest BCUT2D eigenvalue weighted by atomic mass is 10.5. The van der Waals surface area contributed by atoms with Crippen LogP contribution in [0.2, 0.25) is 0 Å². The van der Waals surface area contributed by atoms with Gasteiger partial charge in [0, 0.05) is 0 Å². The number of anilines is 1. The Labute approximate surface area is 91.2 Å². The Balaban J connectivity index is 1.97. The number of rotatable bonds is 3. The van der Waals surface area contributed by atoms with E-state index in [2.05, 4.69) is 25.4 Å². The Hall–Kier alpha value is -2.49. The van der Waals surface area contributed by atoms with Crippen molar-refractivity contribution in [3.63, 3.8) is 0 Å². The quantitative estimate of drug-likeness (QED) is 0.803. The number of nitrogens with one attached hydrogen (secondary N) is 1. The number of hydrogen-bond acceptors (Lipinski definition) is 7. The largest absolute Gasteiger partial charge is 0.360 e. The fourth-order valence-corrected chi connectivity index (χ4v) is 1.06. The van der Waals surface area contributed by atoms with E-state index in [4.69, 9.17) is 9.78 Å². The van der Waals surface area contributed by atoms with Gasteiger partial charge in [-0.2, -0.15) is 10.2 Å². The molecule has 80 valence electrons. The van der Waals surface area contributed by atoms with Crippen molar-refractivity contribution in [1.29, 1.82) is 5.26 Å². The first kappa shape index (κ1) is 10.0. The topological polar surface area (TPSA) is 101 Å². The standard InChI is InChI=1S/C9H8N6O/c1-6-14-9(16-15-6)5-13-8-4-11-7(2-10)3-12-8/h3-4H,5H2,1H3,(H,12,13). The molecule has 0 saturated heterocycles. The summed E-state index contributed by atoms with van der Waals surface area (Å²) in [6, 6.07) is 1.89. The highest BCUT2D eigenvalue weighted by Crippen LogP contribution is 2.03. The summed E-state index contributed by atoms with van der Waals surface area (Å²) < 4.78 is 4.91. The first-order valence-corrected chi connectivity index (χ1v) is 4.53. The van der Waals surface area contributed by atoms with Gasteiger partial charge in [0.25, 0.3) is 0 Å². The predicted octanol–water partition coefficient (Wildman–Crippen LogP) is 0.652. The van der Waals surface area contributed by atoms with Gasteiger partial charge < -0.3 is 9.84 Å². The zero-order valence-corrected chi connectivity index (χ0v) is 8.51. The lowest BCUT2D eigenvalue weighted by Crippen LogP contribution is -2.02. The van der Waals surface area contributed by atoms with Gasteiger partial charge in [-0.05, 0) is 6.92 Å². The van der Waals surface area contributed by atoms with Gasteiger partial charge in [-0.1, -0.05) is 5.16 Å². The highest BCUT2D eigenvalue weighted by atomic mass is 16.5. The van der Waals surface area contributed by atoms with E-state index >= 15 is 0 Å². The van der Waals surface area contributed by atoms with E-state index in [0.29, 0.717) is 24.1 Å². The molecule has 0 aliphatic heterocycles. The Morgan fingerprint density at radius 2 is 2.31 bits per heavy atom. The third-order valence-electron chi connectivity index (χ3n) is 1.76. The minimum absolute atomic E-state index is 0.277. The van der Waals surface area contributed by atoms with Gasteiger partial charge in [-0.3, -0.25) is 0 Å². The monoisotopic (exact) mass is 216 g/mol. The minimum atomic E-state index is 0.277. The van der Waals surface area contributed by atoms with E-state index in [1.165, 1.54) is 12.4 Å². The Morgan fingerprint density at radius 1 is 1.44 bits per heavy atom. The molecule has 1 N–H and O–H groups in total. The number of aromatic nitrogens is 4. The zero-order valence-electron chi connectivity index (χ0n) is 8.51. The molecule has 0 bridgehead atoms. The summed E-state index contributed by atoms with van der Waals surface area (Å²) in [5.41, 5.74) is 0.277. The molecule has 16 heavy (non-hydrogen) atoms. The molecule has 0 aromatic carbocycles. The van der Waals surface area contributed by atoms with Crippen LogP contribution < -0.4 is 5.32 Å². The first-order chi connectivity index (χ1) is 7.78. The second-order valence-electron chi connectivity index (χ2n) is 2.99. The van der Waals surface area contributed by atoms with Crippen molar-refractivity contribution in [2.45, 2.75) is 13.5 Å². The van der Waals surface area contributed by atoms with E-state index in [1.807, 2.05) is 6.07 Å². The summed E-state index contributed by atoms with van der Waals surface area (Å²) in [5.74, 6) is 1.61. The molecule has 0 aliphatic rings. The summed E-state index contributed by atoms with van der Waals surface area (Å²) in [5, 5.41) is 15.1. The average Bonchev–Trinajstić information content (AvgIpc) is 2.73. The van der Waals surface area contributed by atoms with Crippen LogP contribution in [-0.4, -0.2) is 20.1 Å². The molecule has 0 aliphatic carbocycles. The Kier molecular flexibility index (Phi) is 2.73. The fraction of sp³-hybridized carbons (Fsp3) is 0.222. The van der Waals surface area contributed by atoms with E-state index < -0.39 is 0 Å². The third kappa shape index (κ3) is 2.30. The number of nitriles is 1. The molecular formula is C9H8N6O. The maximum absolute atomic E-state index is 8.53. The van der Waals surface area contributed by atoms with Crippen LogP contribution in [0.15, 0.2) is 16.9 Å². The molecule has 0 fully saturated rings. The van der Waals surface area contributed by atoms with E-state index in [1.54, 1.807) is 6.92 Å². The molecule has 0 saturated carbocycles. The van der Waals surface area contributed by atoms with Crippen LogP contribution >= 0.6 is 0 Å². The van der Waals surface area contributed by atoms with Gasteiger partial charge in [0.1, 0.15) is 11.9 Å². The van der Waals surface area contributed by atoms with Gasteiger partial charge in [0.15, 0.2) is 11.5 Å². The highest BCUT2D eigenvalue weighted by molar-refractivity contribution is 5.32. The number of hydrogen-bond donors (Lipinski definition) is 1. The molecule has 7 heteroatoms. The smallest absolute Gasteiger partial charge is 0.245 e. The zero-order chi connectivity index (χ0) is 11.4. The van der Waals surface area contributed by atoms with Crippen LogP contribution in [0.25, 0.3) is 0 Å². The molecule has 7 nitrogen and oxygen atoms in total. The molecule has 0 spiro atoms. The van der Waals surface area contributed by atoms with Gasteiger partial charge in [-0.15, -0.1) is 0 Å². The van der Waals surface area contributed by atoms with Crippen LogP contribution in [0.3, 0.4) is 0 Å². The molecule has 2 rings (SSSR count). The van der Waals surface area contributed by atoms with E-state index in [0.717, 1.165) is 0 Å². The van der Waals surface area contributed by atoms with Gasteiger partial charge in [0.2, 0.25) is 5.89 Å². The molecule has 2 heterocycles. The van der Waals surface area contributed by atoms with Gasteiger partial charge in [-0.25, -0.2) is 9.97 Å². The van der Waals surface area contributed by atoms with Crippen molar-refractivity contribution in [2.75, 3.05) is 5.32 Å². The van der Waals surface area contributed by atoms with Crippen molar-refractivity contribution in [3.8, 4) is 6.07 Å². The highest BCUT2D eigenvalue weighted by Gasteiger charge is 2.02. The SMILES string of the molecule is Cc1noc(CNc2cnc(C#N)cn2)n1. The van der Waals surface area contributed by atoms with Crippen molar-refractivity contribution in [2.24, 2.45) is 0 Å². The van der Waals surface area contributed by atoms with E-state index in [9.17, 15) is 0 Å². The number of aryl methyl sites for hydroxylation is 1. The Bertz CT molecular complexity index is 512. The molecule has 0 radical (unpaired) electrons. The minimum Gasteiger partial charge on any atom is -0.360 e. The fourth-order valence-electron chi connectivity index (χ4n) is 1.06. The molecule has 0 unspecified atom stereocenters. The average molecular weight is 216 g/mol. The lowest BCUT2D eigenvalue weighted by molar-refractivity contribution is 0.379. The van der Waals surface area contributed by atoms with Crippen LogP contribution in [-0.2, 0) is 6.54 Å². The summed E-state index contributed by atoms with van der Waals surface area (Å²) in [6.07, 6.45) is 2.86. The third-order valence-corrected chi connectivity index (χ3v) is 1.76. The van der Waals surface area contributed by atoms with E-state index in [-0.39, 0.29) is 5.69 Å². The number of nitrogens with zero attached hydrogens (tertiary/aromatic N) is 5. The van der Waals surface area contributed by atoms with Crippen molar-refractivity contribution in [1.82, 2.24) is 20.1 Å². The summed E-state index contributed by atoms with van der Waals surface area (Å²) >= 11 is 0. The first-order valence-electron chi connectivity index (χ1n) is 4.53. The predicted molar refractivity (Wildman–Crippen MR) is 53.1 cm³/mol.